The zero-order valence-corrected chi connectivity index (χ0v) is 18.3. The Kier molecular flexibility index (Phi) is 5.61. The van der Waals surface area contributed by atoms with Gasteiger partial charge >= 0.3 is 0 Å². The van der Waals surface area contributed by atoms with Crippen LogP contribution in [0.4, 0.5) is 10.2 Å². The summed E-state index contributed by atoms with van der Waals surface area (Å²) in [6.45, 7) is 5.39. The first kappa shape index (κ1) is 20.4. The minimum absolute atomic E-state index is 0.234. The third-order valence-corrected chi connectivity index (χ3v) is 6.78. The molecular formula is C24H30FN5O. The first-order valence-corrected chi connectivity index (χ1v) is 11.5. The van der Waals surface area contributed by atoms with Crippen molar-refractivity contribution in [1.82, 2.24) is 20.4 Å². The Balaban J connectivity index is 1.43. The Bertz CT molecular complexity index is 1070. The fraction of sp³-hybridized carbons (Fsp3) is 0.542. The fourth-order valence-electron chi connectivity index (χ4n) is 5.01. The van der Waals surface area contributed by atoms with Crippen molar-refractivity contribution in [2.45, 2.75) is 70.9 Å². The third kappa shape index (κ3) is 4.15. The van der Waals surface area contributed by atoms with E-state index < -0.39 is 0 Å². The SMILES string of the molecule is Cc1noc(-c2cc3ccc(F)c(C)c3nc2N2CCC(NC3CCCCC3)CC2)n1. The number of anilines is 1. The Morgan fingerprint density at radius 3 is 2.45 bits per heavy atom. The normalized spacial score (nSPS) is 18.7. The second-order valence-corrected chi connectivity index (χ2v) is 9.01. The van der Waals surface area contributed by atoms with E-state index in [4.69, 9.17) is 9.51 Å². The molecule has 0 spiro atoms. The van der Waals surface area contributed by atoms with Gasteiger partial charge in [-0.15, -0.1) is 0 Å². The van der Waals surface area contributed by atoms with Gasteiger partial charge in [0, 0.05) is 36.1 Å². The van der Waals surface area contributed by atoms with E-state index in [1.807, 2.05) is 13.0 Å². The van der Waals surface area contributed by atoms with Crippen LogP contribution in [0.1, 0.15) is 56.3 Å². The number of aryl methyl sites for hydroxylation is 2. The maximum Gasteiger partial charge on any atom is 0.261 e. The second-order valence-electron chi connectivity index (χ2n) is 9.01. The molecule has 1 aliphatic heterocycles. The number of hydrogen-bond donors (Lipinski definition) is 1. The van der Waals surface area contributed by atoms with E-state index in [2.05, 4.69) is 20.4 Å². The van der Waals surface area contributed by atoms with E-state index in [1.54, 1.807) is 13.0 Å². The van der Waals surface area contributed by atoms with Crippen LogP contribution in [-0.4, -0.2) is 40.3 Å². The fourth-order valence-corrected chi connectivity index (χ4v) is 5.01. The summed E-state index contributed by atoms with van der Waals surface area (Å²) in [4.78, 5) is 11.7. The average molecular weight is 424 g/mol. The molecule has 1 saturated carbocycles. The molecule has 2 aliphatic rings. The minimum atomic E-state index is -0.234. The van der Waals surface area contributed by atoms with E-state index in [0.717, 1.165) is 42.7 Å². The van der Waals surface area contributed by atoms with Crippen LogP contribution in [0.25, 0.3) is 22.4 Å². The molecule has 7 heteroatoms. The van der Waals surface area contributed by atoms with Crippen molar-refractivity contribution in [2.24, 2.45) is 0 Å². The zero-order valence-electron chi connectivity index (χ0n) is 18.3. The number of halogens is 1. The van der Waals surface area contributed by atoms with Gasteiger partial charge in [-0.2, -0.15) is 4.98 Å². The zero-order chi connectivity index (χ0) is 21.4. The lowest BCUT2D eigenvalue weighted by molar-refractivity contribution is 0.307. The molecule has 2 aromatic heterocycles. The van der Waals surface area contributed by atoms with Gasteiger partial charge in [-0.3, -0.25) is 0 Å². The summed E-state index contributed by atoms with van der Waals surface area (Å²) in [5, 5.41) is 8.73. The molecule has 6 nitrogen and oxygen atoms in total. The number of nitrogens with zero attached hydrogens (tertiary/aromatic N) is 4. The highest BCUT2D eigenvalue weighted by Crippen LogP contribution is 2.34. The summed E-state index contributed by atoms with van der Waals surface area (Å²) >= 11 is 0. The molecule has 1 saturated heterocycles. The number of benzene rings is 1. The number of nitrogens with one attached hydrogen (secondary N) is 1. The summed E-state index contributed by atoms with van der Waals surface area (Å²) < 4.78 is 19.7. The Morgan fingerprint density at radius 1 is 1.00 bits per heavy atom. The van der Waals surface area contributed by atoms with Crippen molar-refractivity contribution in [3.8, 4) is 11.5 Å². The molecule has 164 valence electrons. The molecule has 5 rings (SSSR count). The monoisotopic (exact) mass is 423 g/mol. The minimum Gasteiger partial charge on any atom is -0.356 e. The Hall–Kier alpha value is -2.54. The molecule has 0 unspecified atom stereocenters. The summed E-state index contributed by atoms with van der Waals surface area (Å²) in [5.41, 5.74) is 2.08. The summed E-state index contributed by atoms with van der Waals surface area (Å²) in [5.74, 6) is 1.63. The van der Waals surface area contributed by atoms with Crippen LogP contribution in [0, 0.1) is 19.7 Å². The molecule has 31 heavy (non-hydrogen) atoms. The molecule has 0 amide bonds. The average Bonchev–Trinajstić information content (AvgIpc) is 3.23. The van der Waals surface area contributed by atoms with Gasteiger partial charge in [0.25, 0.3) is 5.89 Å². The van der Waals surface area contributed by atoms with Crippen LogP contribution in [0.15, 0.2) is 22.7 Å². The van der Waals surface area contributed by atoms with Crippen LogP contribution >= 0.6 is 0 Å². The predicted molar refractivity (Wildman–Crippen MR) is 120 cm³/mol. The smallest absolute Gasteiger partial charge is 0.261 e. The highest BCUT2D eigenvalue weighted by Gasteiger charge is 2.27. The highest BCUT2D eigenvalue weighted by atomic mass is 19.1. The number of aromatic nitrogens is 3. The molecular weight excluding hydrogens is 393 g/mol. The number of pyridine rings is 1. The lowest BCUT2D eigenvalue weighted by Crippen LogP contribution is -2.47. The molecule has 3 aromatic rings. The summed E-state index contributed by atoms with van der Waals surface area (Å²) in [6.07, 6.45) is 8.82. The molecule has 1 aliphatic carbocycles. The van der Waals surface area contributed by atoms with Crippen molar-refractivity contribution >= 4 is 16.7 Å². The van der Waals surface area contributed by atoms with Crippen molar-refractivity contribution < 1.29 is 8.91 Å². The second kappa shape index (κ2) is 8.54. The summed E-state index contributed by atoms with van der Waals surface area (Å²) in [6, 6.07) is 6.48. The van der Waals surface area contributed by atoms with Crippen molar-refractivity contribution in [2.75, 3.05) is 18.0 Å². The van der Waals surface area contributed by atoms with Gasteiger partial charge in [0.1, 0.15) is 11.6 Å². The topological polar surface area (TPSA) is 67.1 Å². The first-order valence-electron chi connectivity index (χ1n) is 11.5. The van der Waals surface area contributed by atoms with Crippen LogP contribution in [-0.2, 0) is 0 Å². The van der Waals surface area contributed by atoms with Crippen molar-refractivity contribution in [1.29, 1.82) is 0 Å². The standard InChI is InChI=1S/C24H30FN5O/c1-15-21(25)9-8-17-14-20(24-26-16(2)29-31-24)23(28-22(15)17)30-12-10-19(11-13-30)27-18-6-4-3-5-7-18/h8-9,14,18-19,27H,3-7,10-13H2,1-2H3. The Labute approximate surface area is 182 Å². The number of fused-ring (bicyclic) bond motifs is 1. The van der Waals surface area contributed by atoms with Gasteiger partial charge in [-0.1, -0.05) is 24.4 Å². The van der Waals surface area contributed by atoms with Gasteiger partial charge in [0.15, 0.2) is 5.82 Å². The molecule has 0 bridgehead atoms. The van der Waals surface area contributed by atoms with Crippen molar-refractivity contribution in [3.05, 3.63) is 35.4 Å². The van der Waals surface area contributed by atoms with Crippen molar-refractivity contribution in [3.63, 3.8) is 0 Å². The number of piperidine rings is 1. The maximum absolute atomic E-state index is 14.2. The lowest BCUT2D eigenvalue weighted by Gasteiger charge is -2.36. The highest BCUT2D eigenvalue weighted by molar-refractivity contribution is 5.89. The summed E-state index contributed by atoms with van der Waals surface area (Å²) in [7, 11) is 0. The Morgan fingerprint density at radius 2 is 1.74 bits per heavy atom. The van der Waals surface area contributed by atoms with Crippen LogP contribution < -0.4 is 10.2 Å². The van der Waals surface area contributed by atoms with Crippen LogP contribution in [0.2, 0.25) is 0 Å². The van der Waals surface area contributed by atoms with E-state index in [-0.39, 0.29) is 5.82 Å². The molecule has 0 radical (unpaired) electrons. The van der Waals surface area contributed by atoms with E-state index in [0.29, 0.717) is 34.9 Å². The predicted octanol–water partition coefficient (Wildman–Crippen LogP) is 4.93. The largest absolute Gasteiger partial charge is 0.356 e. The molecule has 1 N–H and O–H groups in total. The molecule has 1 aromatic carbocycles. The van der Waals surface area contributed by atoms with Crippen LogP contribution in [0.5, 0.6) is 0 Å². The third-order valence-electron chi connectivity index (χ3n) is 6.78. The molecule has 3 heterocycles. The quantitative estimate of drug-likeness (QED) is 0.642. The maximum atomic E-state index is 14.2. The van der Waals surface area contributed by atoms with E-state index >= 15 is 0 Å². The van der Waals surface area contributed by atoms with Gasteiger partial charge < -0.3 is 14.7 Å². The van der Waals surface area contributed by atoms with E-state index in [1.165, 1.54) is 38.2 Å². The van der Waals surface area contributed by atoms with Gasteiger partial charge in [-0.05, 0) is 57.7 Å². The van der Waals surface area contributed by atoms with Gasteiger partial charge in [0.05, 0.1) is 11.1 Å². The van der Waals surface area contributed by atoms with Crippen LogP contribution in [0.3, 0.4) is 0 Å². The first-order chi connectivity index (χ1) is 15.1. The van der Waals surface area contributed by atoms with Gasteiger partial charge in [-0.25, -0.2) is 9.37 Å². The lowest BCUT2D eigenvalue weighted by atomic mass is 9.93. The molecule has 2 fully saturated rings. The number of hydrogen-bond acceptors (Lipinski definition) is 6. The van der Waals surface area contributed by atoms with Gasteiger partial charge in [0.2, 0.25) is 0 Å². The number of rotatable bonds is 4. The van der Waals surface area contributed by atoms with E-state index in [9.17, 15) is 4.39 Å². The molecule has 0 atom stereocenters.